The number of hydrogen-bond acceptors (Lipinski definition) is 5. The number of ether oxygens (including phenoxy) is 2. The fourth-order valence-corrected chi connectivity index (χ4v) is 17.3. The van der Waals surface area contributed by atoms with Crippen molar-refractivity contribution in [1.82, 2.24) is 0 Å². The summed E-state index contributed by atoms with van der Waals surface area (Å²) in [5.41, 5.74) is 0. The lowest BCUT2D eigenvalue weighted by atomic mass is 9.91. The van der Waals surface area contributed by atoms with Crippen LogP contribution >= 0.6 is 0 Å². The predicted molar refractivity (Wildman–Crippen MR) is 442 cm³/mol. The van der Waals surface area contributed by atoms with E-state index in [9.17, 15) is 9.59 Å². The van der Waals surface area contributed by atoms with Crippen molar-refractivity contribution in [2.75, 3.05) is 7.11 Å². The van der Waals surface area contributed by atoms with E-state index in [2.05, 4.69) is 66.8 Å². The minimum atomic E-state index is -1.77. The van der Waals surface area contributed by atoms with Crippen LogP contribution < -0.4 is 0 Å². The van der Waals surface area contributed by atoms with Gasteiger partial charge in [0.05, 0.1) is 13.0 Å². The SMILES string of the molecule is CCCCCCCCCCCCCCCCCCCCCCCC[C@@H](C(=O)OC)[C@@H](CCCCCCCCCCCCC/C=C/[C@@H]1C[C@@H]1CCCCCCCCCCCCCCCCCC[C@H](O[Si](C)(C)C(C)(C)C)[C@@H](C)CCCCCCCCCCCCCCCCCC)OC(C)=O. The smallest absolute Gasteiger partial charge is 0.312 e. The Morgan fingerprint density at radius 2 is 0.657 bits per heavy atom. The molecule has 0 amide bonds. The lowest BCUT2D eigenvalue weighted by Crippen LogP contribution is -2.45. The second-order valence-electron chi connectivity index (χ2n) is 34.8. The molecule has 0 saturated heterocycles. The molecular formula is C93H182O5Si. The highest BCUT2D eigenvalue weighted by atomic mass is 28.4. The summed E-state index contributed by atoms with van der Waals surface area (Å²) in [5.74, 6) is 1.72. The van der Waals surface area contributed by atoms with Crippen molar-refractivity contribution in [1.29, 1.82) is 0 Å². The molecule has 0 unspecified atom stereocenters. The van der Waals surface area contributed by atoms with E-state index in [0.29, 0.717) is 12.0 Å². The molecule has 5 nitrogen and oxygen atoms in total. The Kier molecular flexibility index (Phi) is 68.9. The summed E-state index contributed by atoms with van der Waals surface area (Å²) in [5, 5.41) is 0.282. The summed E-state index contributed by atoms with van der Waals surface area (Å²) in [4.78, 5) is 25.1. The number of carbonyl (C=O) groups excluding carboxylic acids is 2. The van der Waals surface area contributed by atoms with Gasteiger partial charge in [0.1, 0.15) is 6.10 Å². The van der Waals surface area contributed by atoms with Crippen molar-refractivity contribution in [2.45, 2.75) is 541 Å². The van der Waals surface area contributed by atoms with Crippen molar-refractivity contribution in [3.63, 3.8) is 0 Å². The summed E-state index contributed by atoms with van der Waals surface area (Å²) >= 11 is 0. The molecule has 0 bridgehead atoms. The molecule has 99 heavy (non-hydrogen) atoms. The molecular weight excluding hydrogens is 1230 g/mol. The van der Waals surface area contributed by atoms with Gasteiger partial charge in [-0.2, -0.15) is 0 Å². The molecule has 0 heterocycles. The fourth-order valence-electron chi connectivity index (χ4n) is 15.9. The second-order valence-corrected chi connectivity index (χ2v) is 39.5. The van der Waals surface area contributed by atoms with E-state index in [0.717, 1.165) is 50.4 Å². The highest BCUT2D eigenvalue weighted by Crippen LogP contribution is 2.44. The maximum atomic E-state index is 12.9. The monoisotopic (exact) mass is 1410 g/mol. The number of rotatable bonds is 80. The molecule has 0 N–H and O–H groups in total. The highest BCUT2D eigenvalue weighted by Gasteiger charge is 2.40. The van der Waals surface area contributed by atoms with Gasteiger partial charge in [0.2, 0.25) is 0 Å². The topological polar surface area (TPSA) is 61.8 Å². The molecule has 0 radical (unpaired) electrons. The van der Waals surface area contributed by atoms with Crippen molar-refractivity contribution >= 4 is 20.3 Å². The number of methoxy groups -OCH3 is 1. The number of esters is 2. The Balaban J connectivity index is 1.97. The van der Waals surface area contributed by atoms with Crippen molar-refractivity contribution in [3.8, 4) is 0 Å². The summed E-state index contributed by atoms with van der Waals surface area (Å²) in [7, 11) is -0.293. The van der Waals surface area contributed by atoms with E-state index in [1.807, 2.05) is 0 Å². The van der Waals surface area contributed by atoms with Gasteiger partial charge in [-0.3, -0.25) is 9.59 Å². The first-order valence-corrected chi connectivity index (χ1v) is 48.8. The Bertz CT molecular complexity index is 1700. The standard InChI is InChI=1S/C93H182O5Si/c1-11-13-15-17-19-21-23-25-27-29-30-31-32-33-34-39-45-51-57-63-69-75-81-89(92(95)96-8)91(97-86(4)94)83-77-71-65-59-53-47-41-44-50-56-62-68-74-80-88-84-87(88)79-73-67-61-55-49-43-38-35-36-40-46-52-58-64-70-76-82-90(98-99(9,10)93(5,6)7)85(3)78-72-66-60-54-48-42-37-28-26-24-22-20-18-16-14-12-2/h74,80,85,87-91H,11-73,75-79,81-84H2,1-10H3/b80-74+/t85-,87-,88+,89+,90-,91+/m0/s1. The molecule has 6 atom stereocenters. The van der Waals surface area contributed by atoms with Crippen LogP contribution in [0.2, 0.25) is 18.1 Å². The van der Waals surface area contributed by atoms with Gasteiger partial charge >= 0.3 is 11.9 Å². The summed E-state index contributed by atoms with van der Waals surface area (Å²) < 4.78 is 18.2. The number of hydrogen-bond donors (Lipinski definition) is 0. The van der Waals surface area contributed by atoms with Crippen molar-refractivity contribution < 1.29 is 23.5 Å². The van der Waals surface area contributed by atoms with Gasteiger partial charge < -0.3 is 13.9 Å². The van der Waals surface area contributed by atoms with Crippen molar-refractivity contribution in [3.05, 3.63) is 12.2 Å². The average Bonchev–Trinajstić information content (AvgIpc) is 1.84. The summed E-state index contributed by atoms with van der Waals surface area (Å²) in [6.07, 6.45) is 104. The van der Waals surface area contributed by atoms with Crippen LogP contribution in [0.1, 0.15) is 511 Å². The summed E-state index contributed by atoms with van der Waals surface area (Å²) in [6.45, 7) is 20.8. The quantitative estimate of drug-likeness (QED) is 0.0263. The zero-order valence-corrected chi connectivity index (χ0v) is 70.6. The minimum absolute atomic E-state index is 0.214. The zero-order valence-electron chi connectivity index (χ0n) is 69.6. The second kappa shape index (κ2) is 71.1. The van der Waals surface area contributed by atoms with Crippen LogP contribution in [0.5, 0.6) is 0 Å². The van der Waals surface area contributed by atoms with Gasteiger partial charge in [-0.15, -0.1) is 0 Å². The first kappa shape index (κ1) is 95.9. The maximum Gasteiger partial charge on any atom is 0.312 e. The Hall–Kier alpha value is -1.14. The predicted octanol–water partition coefficient (Wildman–Crippen LogP) is 32.7. The third kappa shape index (κ3) is 62.7. The van der Waals surface area contributed by atoms with Crippen LogP contribution in [0.15, 0.2) is 12.2 Å². The molecule has 588 valence electrons. The molecule has 1 fully saturated rings. The third-order valence-corrected chi connectivity index (χ3v) is 28.6. The molecule has 1 aliphatic rings. The van der Waals surface area contributed by atoms with Crippen LogP contribution in [0, 0.1) is 23.7 Å². The van der Waals surface area contributed by atoms with E-state index in [-0.39, 0.29) is 29.0 Å². The molecule has 1 rings (SSSR count). The molecule has 1 aliphatic carbocycles. The van der Waals surface area contributed by atoms with Gasteiger partial charge in [0, 0.05) is 13.0 Å². The molecule has 0 aromatic rings. The minimum Gasteiger partial charge on any atom is -0.469 e. The van der Waals surface area contributed by atoms with Crippen LogP contribution in [-0.4, -0.2) is 39.6 Å². The fraction of sp³-hybridized carbons (Fsp3) is 0.957. The highest BCUT2D eigenvalue weighted by molar-refractivity contribution is 6.74. The van der Waals surface area contributed by atoms with E-state index in [4.69, 9.17) is 13.9 Å². The Labute approximate surface area is 624 Å². The molecule has 0 spiro atoms. The van der Waals surface area contributed by atoms with E-state index in [1.165, 1.54) is 438 Å². The van der Waals surface area contributed by atoms with E-state index < -0.39 is 8.32 Å². The lowest BCUT2D eigenvalue weighted by molar-refractivity contribution is -0.160. The lowest BCUT2D eigenvalue weighted by Gasteiger charge is -2.41. The first-order valence-electron chi connectivity index (χ1n) is 45.9. The normalized spacial score (nSPS) is 15.5. The average molecular weight is 1410 g/mol. The van der Waals surface area contributed by atoms with Crippen LogP contribution in [0.4, 0.5) is 0 Å². The molecule has 0 aliphatic heterocycles. The maximum absolute atomic E-state index is 12.9. The van der Waals surface area contributed by atoms with E-state index >= 15 is 0 Å². The first-order chi connectivity index (χ1) is 48.3. The Morgan fingerprint density at radius 1 is 0.384 bits per heavy atom. The summed E-state index contributed by atoms with van der Waals surface area (Å²) in [6, 6.07) is 0. The number of carbonyl (C=O) groups is 2. The van der Waals surface area contributed by atoms with Crippen molar-refractivity contribution in [2.24, 2.45) is 23.7 Å². The third-order valence-electron chi connectivity index (χ3n) is 24.1. The van der Waals surface area contributed by atoms with E-state index in [1.54, 1.807) is 0 Å². The van der Waals surface area contributed by atoms with Gasteiger partial charge in [-0.25, -0.2) is 0 Å². The number of allylic oxidation sites excluding steroid dienone is 2. The molecule has 0 aromatic carbocycles. The van der Waals surface area contributed by atoms with Crippen LogP contribution in [0.25, 0.3) is 0 Å². The zero-order chi connectivity index (χ0) is 72.1. The largest absolute Gasteiger partial charge is 0.469 e. The molecule has 0 aromatic heterocycles. The van der Waals surface area contributed by atoms with Gasteiger partial charge in [0.25, 0.3) is 0 Å². The Morgan fingerprint density at radius 3 is 0.960 bits per heavy atom. The van der Waals surface area contributed by atoms with Crippen LogP contribution in [-0.2, 0) is 23.5 Å². The molecule has 6 heteroatoms. The van der Waals surface area contributed by atoms with Gasteiger partial charge in [0.15, 0.2) is 8.32 Å². The van der Waals surface area contributed by atoms with Crippen LogP contribution in [0.3, 0.4) is 0 Å². The number of unbranched alkanes of at least 4 members (excludes halogenated alkanes) is 62. The van der Waals surface area contributed by atoms with Gasteiger partial charge in [-0.1, -0.05) is 458 Å². The van der Waals surface area contributed by atoms with Gasteiger partial charge in [-0.05, 0) is 93.7 Å². The molecule has 1 saturated carbocycles.